The summed E-state index contributed by atoms with van der Waals surface area (Å²) in [5, 5.41) is 2.91. The fourth-order valence-corrected chi connectivity index (χ4v) is 1.80. The fourth-order valence-electron chi connectivity index (χ4n) is 1.80. The van der Waals surface area contributed by atoms with E-state index in [1.165, 1.54) is 0 Å². The first kappa shape index (κ1) is 13.4. The van der Waals surface area contributed by atoms with Gasteiger partial charge >= 0.3 is 0 Å². The number of amides is 1. The van der Waals surface area contributed by atoms with Crippen LogP contribution in [0.3, 0.4) is 0 Å². The highest BCUT2D eigenvalue weighted by molar-refractivity contribution is 5.97. The molecule has 0 spiro atoms. The van der Waals surface area contributed by atoms with Crippen molar-refractivity contribution in [3.8, 4) is 0 Å². The SMILES string of the molecule is CN(C)CCCNC(=O)c1ccc2nccnc2c1. The van der Waals surface area contributed by atoms with Gasteiger partial charge in [-0.15, -0.1) is 0 Å². The molecule has 0 saturated carbocycles. The van der Waals surface area contributed by atoms with E-state index in [1.807, 2.05) is 20.2 Å². The number of rotatable bonds is 5. The Kier molecular flexibility index (Phi) is 4.41. The molecule has 1 heterocycles. The van der Waals surface area contributed by atoms with Crippen molar-refractivity contribution in [1.82, 2.24) is 20.2 Å². The second-order valence-electron chi connectivity index (χ2n) is 4.67. The molecule has 5 nitrogen and oxygen atoms in total. The van der Waals surface area contributed by atoms with Gasteiger partial charge in [0.05, 0.1) is 11.0 Å². The maximum absolute atomic E-state index is 12.0. The Morgan fingerprint density at radius 3 is 2.68 bits per heavy atom. The lowest BCUT2D eigenvalue weighted by molar-refractivity contribution is 0.0952. The minimum Gasteiger partial charge on any atom is -0.352 e. The molecule has 0 radical (unpaired) electrons. The average Bonchev–Trinajstić information content (AvgIpc) is 2.42. The van der Waals surface area contributed by atoms with Gasteiger partial charge in [-0.1, -0.05) is 0 Å². The van der Waals surface area contributed by atoms with E-state index in [0.717, 1.165) is 24.0 Å². The summed E-state index contributed by atoms with van der Waals surface area (Å²) < 4.78 is 0. The zero-order valence-corrected chi connectivity index (χ0v) is 11.3. The van der Waals surface area contributed by atoms with Crippen LogP contribution < -0.4 is 5.32 Å². The molecule has 19 heavy (non-hydrogen) atoms. The van der Waals surface area contributed by atoms with E-state index < -0.39 is 0 Å². The molecule has 0 saturated heterocycles. The van der Waals surface area contributed by atoms with Crippen LogP contribution in [0.15, 0.2) is 30.6 Å². The van der Waals surface area contributed by atoms with Crippen LogP contribution in [0.4, 0.5) is 0 Å². The number of carbonyl (C=O) groups excluding carboxylic acids is 1. The Hall–Kier alpha value is -2.01. The zero-order chi connectivity index (χ0) is 13.7. The molecule has 2 aromatic rings. The van der Waals surface area contributed by atoms with Crippen molar-refractivity contribution >= 4 is 16.9 Å². The molecule has 0 unspecified atom stereocenters. The van der Waals surface area contributed by atoms with Crippen molar-refractivity contribution in [3.63, 3.8) is 0 Å². The molecule has 0 aliphatic rings. The molecule has 1 aromatic carbocycles. The first-order chi connectivity index (χ1) is 9.16. The molecular formula is C14H18N4O. The lowest BCUT2D eigenvalue weighted by Gasteiger charge is -2.10. The molecule has 0 aliphatic carbocycles. The van der Waals surface area contributed by atoms with Crippen molar-refractivity contribution in [2.24, 2.45) is 0 Å². The third-order valence-electron chi connectivity index (χ3n) is 2.80. The average molecular weight is 258 g/mol. The number of nitrogens with one attached hydrogen (secondary N) is 1. The maximum atomic E-state index is 12.0. The van der Waals surface area contributed by atoms with Crippen LogP contribution in [0, 0.1) is 0 Å². The van der Waals surface area contributed by atoms with Gasteiger partial charge in [-0.25, -0.2) is 0 Å². The van der Waals surface area contributed by atoms with Crippen LogP contribution in [-0.4, -0.2) is 48.0 Å². The standard InChI is InChI=1S/C14H18N4O/c1-18(2)9-3-6-17-14(19)11-4-5-12-13(10-11)16-8-7-15-12/h4-5,7-8,10H,3,6,9H2,1-2H3,(H,17,19). The first-order valence-electron chi connectivity index (χ1n) is 6.30. The van der Waals surface area contributed by atoms with E-state index in [1.54, 1.807) is 24.5 Å². The van der Waals surface area contributed by atoms with Gasteiger partial charge < -0.3 is 10.2 Å². The molecule has 2 rings (SSSR count). The summed E-state index contributed by atoms with van der Waals surface area (Å²) in [5.74, 6) is -0.0636. The smallest absolute Gasteiger partial charge is 0.251 e. The molecular weight excluding hydrogens is 240 g/mol. The Morgan fingerprint density at radius 2 is 1.95 bits per heavy atom. The summed E-state index contributed by atoms with van der Waals surface area (Å²) in [6.45, 7) is 1.64. The minimum atomic E-state index is -0.0636. The monoisotopic (exact) mass is 258 g/mol. The number of benzene rings is 1. The van der Waals surface area contributed by atoms with E-state index in [0.29, 0.717) is 12.1 Å². The van der Waals surface area contributed by atoms with E-state index in [9.17, 15) is 4.79 Å². The van der Waals surface area contributed by atoms with Crippen LogP contribution in [0.2, 0.25) is 0 Å². The minimum absolute atomic E-state index is 0.0636. The van der Waals surface area contributed by atoms with Crippen molar-refractivity contribution in [1.29, 1.82) is 0 Å². The first-order valence-corrected chi connectivity index (χ1v) is 6.30. The van der Waals surface area contributed by atoms with Gasteiger partial charge in [0.25, 0.3) is 5.91 Å². The fraction of sp³-hybridized carbons (Fsp3) is 0.357. The molecule has 1 N–H and O–H groups in total. The Bertz CT molecular complexity index is 568. The van der Waals surface area contributed by atoms with Gasteiger partial charge in [0.2, 0.25) is 0 Å². The lowest BCUT2D eigenvalue weighted by Crippen LogP contribution is -2.27. The number of carbonyl (C=O) groups is 1. The largest absolute Gasteiger partial charge is 0.352 e. The second-order valence-corrected chi connectivity index (χ2v) is 4.67. The van der Waals surface area contributed by atoms with Crippen molar-refractivity contribution in [2.75, 3.05) is 27.2 Å². The number of aromatic nitrogens is 2. The van der Waals surface area contributed by atoms with Crippen LogP contribution in [0.25, 0.3) is 11.0 Å². The Labute approximate surface area is 112 Å². The van der Waals surface area contributed by atoms with Gasteiger partial charge in [-0.2, -0.15) is 0 Å². The van der Waals surface area contributed by atoms with Crippen LogP contribution in [0.5, 0.6) is 0 Å². The molecule has 1 aromatic heterocycles. The lowest BCUT2D eigenvalue weighted by atomic mass is 10.2. The molecule has 0 fully saturated rings. The summed E-state index contributed by atoms with van der Waals surface area (Å²) >= 11 is 0. The topological polar surface area (TPSA) is 58.1 Å². The van der Waals surface area contributed by atoms with Gasteiger partial charge in [0, 0.05) is 24.5 Å². The third kappa shape index (κ3) is 3.72. The highest BCUT2D eigenvalue weighted by atomic mass is 16.1. The van der Waals surface area contributed by atoms with Crippen LogP contribution >= 0.6 is 0 Å². The second kappa shape index (κ2) is 6.24. The van der Waals surface area contributed by atoms with Crippen molar-refractivity contribution in [2.45, 2.75) is 6.42 Å². The number of nitrogens with zero attached hydrogens (tertiary/aromatic N) is 3. The summed E-state index contributed by atoms with van der Waals surface area (Å²) in [5.41, 5.74) is 2.16. The highest BCUT2D eigenvalue weighted by Crippen LogP contribution is 2.10. The summed E-state index contributed by atoms with van der Waals surface area (Å²) in [4.78, 5) is 22.4. The van der Waals surface area contributed by atoms with Gasteiger partial charge in [0.15, 0.2) is 0 Å². The number of hydrogen-bond acceptors (Lipinski definition) is 4. The van der Waals surface area contributed by atoms with E-state index >= 15 is 0 Å². The van der Waals surface area contributed by atoms with Crippen molar-refractivity contribution < 1.29 is 4.79 Å². The third-order valence-corrected chi connectivity index (χ3v) is 2.80. The predicted octanol–water partition coefficient (Wildman–Crippen LogP) is 1.31. The van der Waals surface area contributed by atoms with Crippen LogP contribution in [-0.2, 0) is 0 Å². The van der Waals surface area contributed by atoms with E-state index in [4.69, 9.17) is 0 Å². The zero-order valence-electron chi connectivity index (χ0n) is 11.3. The molecule has 0 bridgehead atoms. The molecule has 0 aliphatic heterocycles. The number of hydrogen-bond donors (Lipinski definition) is 1. The van der Waals surface area contributed by atoms with E-state index in [2.05, 4.69) is 20.2 Å². The highest BCUT2D eigenvalue weighted by Gasteiger charge is 2.06. The predicted molar refractivity (Wildman–Crippen MR) is 75.0 cm³/mol. The quantitative estimate of drug-likeness (QED) is 0.822. The molecule has 1 amide bonds. The summed E-state index contributed by atoms with van der Waals surface area (Å²) in [7, 11) is 4.04. The van der Waals surface area contributed by atoms with Crippen molar-refractivity contribution in [3.05, 3.63) is 36.2 Å². The van der Waals surface area contributed by atoms with Gasteiger partial charge in [-0.05, 0) is 45.3 Å². The van der Waals surface area contributed by atoms with Gasteiger partial charge in [0.1, 0.15) is 0 Å². The Morgan fingerprint density at radius 1 is 1.21 bits per heavy atom. The van der Waals surface area contributed by atoms with E-state index in [-0.39, 0.29) is 5.91 Å². The number of fused-ring (bicyclic) bond motifs is 1. The molecule has 100 valence electrons. The normalized spacial score (nSPS) is 10.9. The molecule has 5 heteroatoms. The maximum Gasteiger partial charge on any atom is 0.251 e. The summed E-state index contributed by atoms with van der Waals surface area (Å²) in [6.07, 6.45) is 4.20. The van der Waals surface area contributed by atoms with Crippen LogP contribution in [0.1, 0.15) is 16.8 Å². The molecule has 0 atom stereocenters. The Balaban J connectivity index is 1.97. The van der Waals surface area contributed by atoms with Gasteiger partial charge in [-0.3, -0.25) is 14.8 Å². The summed E-state index contributed by atoms with van der Waals surface area (Å²) in [6, 6.07) is 5.36.